The van der Waals surface area contributed by atoms with Gasteiger partial charge in [0.05, 0.1) is 23.6 Å². The molecule has 6 heteroatoms. The largest absolute Gasteiger partial charge is 0.494 e. The highest BCUT2D eigenvalue weighted by molar-refractivity contribution is 5.99. The van der Waals surface area contributed by atoms with E-state index in [1.165, 1.54) is 12.1 Å². The first-order chi connectivity index (χ1) is 17.0. The van der Waals surface area contributed by atoms with Gasteiger partial charge in [0.2, 0.25) is 5.76 Å². The Kier molecular flexibility index (Phi) is 6.12. The summed E-state index contributed by atoms with van der Waals surface area (Å²) in [5, 5.41) is 0.123. The Bertz CT molecular complexity index is 1440. The average Bonchev–Trinajstić information content (AvgIpc) is 3.13. The van der Waals surface area contributed by atoms with Gasteiger partial charge in [-0.15, -0.1) is 0 Å². The maximum Gasteiger partial charge on any atom is 0.291 e. The third kappa shape index (κ3) is 4.32. The molecule has 4 aromatic rings. The van der Waals surface area contributed by atoms with Gasteiger partial charge in [-0.3, -0.25) is 9.59 Å². The van der Waals surface area contributed by atoms with Gasteiger partial charge in [-0.05, 0) is 54.8 Å². The highest BCUT2D eigenvalue weighted by Gasteiger charge is 2.42. The summed E-state index contributed by atoms with van der Waals surface area (Å²) < 4.78 is 25.6. The number of nitrogens with zero attached hydrogens (tertiary/aromatic N) is 1. The van der Waals surface area contributed by atoms with Crippen LogP contribution in [-0.2, 0) is 6.54 Å². The minimum Gasteiger partial charge on any atom is -0.494 e. The predicted octanol–water partition coefficient (Wildman–Crippen LogP) is 6.16. The van der Waals surface area contributed by atoms with E-state index in [2.05, 4.69) is 6.92 Å². The number of carbonyl (C=O) groups is 1. The van der Waals surface area contributed by atoms with Crippen LogP contribution < -0.4 is 10.2 Å². The first kappa shape index (κ1) is 22.8. The summed E-state index contributed by atoms with van der Waals surface area (Å²) in [5.74, 6) is -0.160. The van der Waals surface area contributed by atoms with Gasteiger partial charge in [0.1, 0.15) is 17.1 Å². The normalized spacial score (nSPS) is 15.0. The fourth-order valence-electron chi connectivity index (χ4n) is 4.47. The minimum atomic E-state index is -0.660. The summed E-state index contributed by atoms with van der Waals surface area (Å²) in [6, 6.07) is 18.4. The van der Waals surface area contributed by atoms with Gasteiger partial charge in [0.15, 0.2) is 5.43 Å². The number of ether oxygens (including phenoxy) is 1. The van der Waals surface area contributed by atoms with E-state index in [-0.39, 0.29) is 28.2 Å². The standard InChI is InChI=1S/C29H26FNO4/c1-3-4-15-34-22-12-9-20(10-13-22)26-25-27(32)23-16-21(30)11-14-24(23)35-28(25)29(33)31(26)17-19-7-5-18(2)6-8-19/h5-14,16,26H,3-4,15,17H2,1-2H3. The summed E-state index contributed by atoms with van der Waals surface area (Å²) in [5.41, 5.74) is 2.84. The summed E-state index contributed by atoms with van der Waals surface area (Å²) in [6.07, 6.45) is 2.00. The third-order valence-electron chi connectivity index (χ3n) is 6.36. The fourth-order valence-corrected chi connectivity index (χ4v) is 4.47. The lowest BCUT2D eigenvalue weighted by Crippen LogP contribution is -2.29. The SMILES string of the molecule is CCCCOc1ccc(C2c3c(oc4ccc(F)cc4c3=O)C(=O)N2Cc2ccc(C)cc2)cc1. The molecule has 1 atom stereocenters. The molecule has 3 aromatic carbocycles. The second-order valence-corrected chi connectivity index (χ2v) is 8.91. The molecule has 1 unspecified atom stereocenters. The summed E-state index contributed by atoms with van der Waals surface area (Å²) in [7, 11) is 0. The van der Waals surface area contributed by atoms with E-state index in [9.17, 15) is 14.0 Å². The van der Waals surface area contributed by atoms with Crippen molar-refractivity contribution in [2.75, 3.05) is 6.61 Å². The molecular weight excluding hydrogens is 445 g/mol. The van der Waals surface area contributed by atoms with E-state index in [0.717, 1.165) is 41.3 Å². The Hall–Kier alpha value is -3.93. The molecule has 35 heavy (non-hydrogen) atoms. The van der Waals surface area contributed by atoms with Crippen molar-refractivity contribution in [3.8, 4) is 5.75 Å². The predicted molar refractivity (Wildman–Crippen MR) is 132 cm³/mol. The molecule has 5 nitrogen and oxygen atoms in total. The number of hydrogen-bond acceptors (Lipinski definition) is 4. The Morgan fingerprint density at radius 2 is 1.74 bits per heavy atom. The minimum absolute atomic E-state index is 0.00879. The molecule has 5 rings (SSSR count). The number of fused-ring (bicyclic) bond motifs is 2. The number of rotatable bonds is 7. The van der Waals surface area contributed by atoms with Crippen LogP contribution in [-0.4, -0.2) is 17.4 Å². The molecule has 0 radical (unpaired) electrons. The Morgan fingerprint density at radius 3 is 2.46 bits per heavy atom. The maximum absolute atomic E-state index is 14.0. The van der Waals surface area contributed by atoms with Gasteiger partial charge < -0.3 is 14.1 Å². The van der Waals surface area contributed by atoms with E-state index in [1.807, 2.05) is 55.5 Å². The topological polar surface area (TPSA) is 59.8 Å². The van der Waals surface area contributed by atoms with Crippen LogP contribution in [0.4, 0.5) is 4.39 Å². The van der Waals surface area contributed by atoms with Crippen molar-refractivity contribution in [3.63, 3.8) is 0 Å². The smallest absolute Gasteiger partial charge is 0.291 e. The highest BCUT2D eigenvalue weighted by Crippen LogP contribution is 2.39. The molecule has 1 aliphatic heterocycles. The lowest BCUT2D eigenvalue weighted by Gasteiger charge is -2.25. The molecule has 1 aromatic heterocycles. The van der Waals surface area contributed by atoms with Crippen molar-refractivity contribution in [2.24, 2.45) is 0 Å². The van der Waals surface area contributed by atoms with Gasteiger partial charge in [-0.25, -0.2) is 4.39 Å². The number of aryl methyl sites for hydroxylation is 1. The number of hydrogen-bond donors (Lipinski definition) is 0. The number of halogens is 1. The molecule has 0 spiro atoms. The molecule has 0 saturated heterocycles. The van der Waals surface area contributed by atoms with Crippen LogP contribution >= 0.6 is 0 Å². The van der Waals surface area contributed by atoms with Gasteiger partial charge in [0, 0.05) is 6.54 Å². The zero-order chi connectivity index (χ0) is 24.5. The number of amides is 1. The van der Waals surface area contributed by atoms with Crippen molar-refractivity contribution >= 4 is 16.9 Å². The summed E-state index contributed by atoms with van der Waals surface area (Å²) in [4.78, 5) is 28.7. The van der Waals surface area contributed by atoms with Gasteiger partial charge in [-0.2, -0.15) is 0 Å². The molecular formula is C29H26FNO4. The van der Waals surface area contributed by atoms with Crippen LogP contribution in [0.15, 0.2) is 75.9 Å². The molecule has 1 amide bonds. The van der Waals surface area contributed by atoms with E-state index < -0.39 is 17.3 Å². The summed E-state index contributed by atoms with van der Waals surface area (Å²) >= 11 is 0. The molecule has 0 fully saturated rings. The first-order valence-corrected chi connectivity index (χ1v) is 11.8. The molecule has 0 N–H and O–H groups in total. The lowest BCUT2D eigenvalue weighted by atomic mass is 9.98. The maximum atomic E-state index is 14.0. The Morgan fingerprint density at radius 1 is 1.00 bits per heavy atom. The zero-order valence-corrected chi connectivity index (χ0v) is 19.7. The first-order valence-electron chi connectivity index (χ1n) is 11.8. The van der Waals surface area contributed by atoms with Gasteiger partial charge in [0.25, 0.3) is 5.91 Å². The van der Waals surface area contributed by atoms with Gasteiger partial charge >= 0.3 is 0 Å². The molecule has 0 bridgehead atoms. The fraction of sp³-hybridized carbons (Fsp3) is 0.241. The number of benzene rings is 3. The van der Waals surface area contributed by atoms with Gasteiger partial charge in [-0.1, -0.05) is 55.3 Å². The van der Waals surface area contributed by atoms with Crippen LogP contribution in [0.5, 0.6) is 5.75 Å². The van der Waals surface area contributed by atoms with E-state index in [1.54, 1.807) is 4.90 Å². The zero-order valence-electron chi connectivity index (χ0n) is 19.7. The highest BCUT2D eigenvalue weighted by atomic mass is 19.1. The van der Waals surface area contributed by atoms with E-state index >= 15 is 0 Å². The van der Waals surface area contributed by atoms with Crippen molar-refractivity contribution in [1.29, 1.82) is 0 Å². The Labute approximate surface area is 202 Å². The molecule has 178 valence electrons. The quantitative estimate of drug-likeness (QED) is 0.303. The summed E-state index contributed by atoms with van der Waals surface area (Å²) in [6.45, 7) is 5.03. The third-order valence-corrected chi connectivity index (χ3v) is 6.36. The van der Waals surface area contributed by atoms with Crippen LogP contribution in [0.1, 0.15) is 58.6 Å². The second-order valence-electron chi connectivity index (χ2n) is 8.91. The van der Waals surface area contributed by atoms with Crippen LogP contribution in [0.3, 0.4) is 0 Å². The van der Waals surface area contributed by atoms with Crippen LogP contribution in [0.25, 0.3) is 11.0 Å². The molecule has 0 saturated carbocycles. The van der Waals surface area contributed by atoms with Crippen molar-refractivity contribution < 1.29 is 18.3 Å². The monoisotopic (exact) mass is 471 g/mol. The van der Waals surface area contributed by atoms with Crippen LogP contribution in [0.2, 0.25) is 0 Å². The number of carbonyl (C=O) groups excluding carboxylic acids is 1. The Balaban J connectivity index is 1.61. The van der Waals surface area contributed by atoms with Crippen molar-refractivity contribution in [1.82, 2.24) is 4.90 Å². The molecule has 1 aliphatic rings. The van der Waals surface area contributed by atoms with E-state index in [0.29, 0.717) is 13.2 Å². The molecule has 0 aliphatic carbocycles. The van der Waals surface area contributed by atoms with Crippen LogP contribution in [0, 0.1) is 12.7 Å². The van der Waals surface area contributed by atoms with E-state index in [4.69, 9.17) is 9.15 Å². The molecule has 2 heterocycles. The second kappa shape index (κ2) is 9.37. The van der Waals surface area contributed by atoms with Crippen molar-refractivity contribution in [3.05, 3.63) is 111 Å². The van der Waals surface area contributed by atoms with Crippen molar-refractivity contribution in [2.45, 2.75) is 39.3 Å². The lowest BCUT2D eigenvalue weighted by molar-refractivity contribution is 0.0714. The number of unbranched alkanes of at least 4 members (excludes halogenated alkanes) is 1. The average molecular weight is 472 g/mol.